The van der Waals surface area contributed by atoms with Gasteiger partial charge in [-0.3, -0.25) is 0 Å². The van der Waals surface area contributed by atoms with Crippen LogP contribution in [-0.2, 0) is 0 Å². The van der Waals surface area contributed by atoms with Crippen molar-refractivity contribution >= 4 is 5.82 Å². The summed E-state index contributed by atoms with van der Waals surface area (Å²) in [7, 11) is 0. The van der Waals surface area contributed by atoms with E-state index in [4.69, 9.17) is 9.84 Å². The Hall–Kier alpha value is -1.36. The van der Waals surface area contributed by atoms with Gasteiger partial charge in [0.15, 0.2) is 0 Å². The Kier molecular flexibility index (Phi) is 7.10. The van der Waals surface area contributed by atoms with Crippen LogP contribution in [0.3, 0.4) is 0 Å². The van der Waals surface area contributed by atoms with Gasteiger partial charge in [0.2, 0.25) is 5.88 Å². The van der Waals surface area contributed by atoms with Crippen molar-refractivity contribution in [2.75, 3.05) is 25.1 Å². The van der Waals surface area contributed by atoms with E-state index in [1.165, 1.54) is 6.33 Å². The molecule has 0 amide bonds. The topological polar surface area (TPSA) is 67.3 Å². The molecule has 1 aromatic rings. The number of rotatable bonds is 9. The summed E-state index contributed by atoms with van der Waals surface area (Å²) >= 11 is 0. The second-order valence-electron chi connectivity index (χ2n) is 4.45. The zero-order chi connectivity index (χ0) is 13.2. The van der Waals surface area contributed by atoms with E-state index in [1.807, 2.05) is 13.0 Å². The Balaban J connectivity index is 2.29. The molecule has 0 bridgehead atoms. The first kappa shape index (κ1) is 14.7. The summed E-state index contributed by atoms with van der Waals surface area (Å²) in [6.45, 7) is 5.87. The standard InChI is InChI=1S/C13H23N3O2/c1-3-7-18-13-8-12(15-10-16-13)14-6-4-5-11(2)9-17/h8,10-11,17H,3-7,9H2,1-2H3,(H,14,15,16). The highest BCUT2D eigenvalue weighted by atomic mass is 16.5. The van der Waals surface area contributed by atoms with E-state index in [1.54, 1.807) is 0 Å². The predicted octanol–water partition coefficient (Wildman–Crippen LogP) is 2.09. The third-order valence-corrected chi connectivity index (χ3v) is 2.59. The first-order valence-electron chi connectivity index (χ1n) is 6.55. The maximum Gasteiger partial charge on any atom is 0.218 e. The van der Waals surface area contributed by atoms with Crippen molar-refractivity contribution in [2.45, 2.75) is 33.1 Å². The van der Waals surface area contributed by atoms with E-state index in [-0.39, 0.29) is 6.61 Å². The van der Waals surface area contributed by atoms with Gasteiger partial charge in [0.1, 0.15) is 12.1 Å². The summed E-state index contributed by atoms with van der Waals surface area (Å²) in [5, 5.41) is 12.1. The number of nitrogens with zero attached hydrogens (tertiary/aromatic N) is 2. The first-order chi connectivity index (χ1) is 8.76. The van der Waals surface area contributed by atoms with Gasteiger partial charge >= 0.3 is 0 Å². The Morgan fingerprint density at radius 2 is 2.28 bits per heavy atom. The summed E-state index contributed by atoms with van der Waals surface area (Å²) in [4.78, 5) is 8.17. The molecule has 0 aliphatic heterocycles. The Morgan fingerprint density at radius 3 is 3.00 bits per heavy atom. The van der Waals surface area contributed by atoms with Crippen LogP contribution in [0.1, 0.15) is 33.1 Å². The molecule has 0 aliphatic rings. The van der Waals surface area contributed by atoms with Crippen LogP contribution >= 0.6 is 0 Å². The number of anilines is 1. The first-order valence-corrected chi connectivity index (χ1v) is 6.55. The monoisotopic (exact) mass is 253 g/mol. The second-order valence-corrected chi connectivity index (χ2v) is 4.45. The molecule has 1 heterocycles. The quantitative estimate of drug-likeness (QED) is 0.660. The second kappa shape index (κ2) is 8.69. The van der Waals surface area contributed by atoms with Gasteiger partial charge < -0.3 is 15.2 Å². The summed E-state index contributed by atoms with van der Waals surface area (Å²) in [5.41, 5.74) is 0. The lowest BCUT2D eigenvalue weighted by Crippen LogP contribution is -2.08. The van der Waals surface area contributed by atoms with Crippen LogP contribution in [0.25, 0.3) is 0 Å². The Labute approximate surface area is 109 Å². The van der Waals surface area contributed by atoms with Crippen molar-refractivity contribution in [3.8, 4) is 5.88 Å². The number of nitrogens with one attached hydrogen (secondary N) is 1. The third-order valence-electron chi connectivity index (χ3n) is 2.59. The van der Waals surface area contributed by atoms with Crippen LogP contribution < -0.4 is 10.1 Å². The highest BCUT2D eigenvalue weighted by molar-refractivity contribution is 5.36. The lowest BCUT2D eigenvalue weighted by atomic mass is 10.1. The van der Waals surface area contributed by atoms with Crippen molar-refractivity contribution in [1.82, 2.24) is 9.97 Å². The number of aliphatic hydroxyl groups excluding tert-OH is 1. The van der Waals surface area contributed by atoms with E-state index in [0.29, 0.717) is 18.4 Å². The number of aliphatic hydroxyl groups is 1. The molecule has 0 saturated carbocycles. The molecule has 0 spiro atoms. The highest BCUT2D eigenvalue weighted by Crippen LogP contribution is 2.11. The molecule has 0 aromatic carbocycles. The molecule has 1 aromatic heterocycles. The van der Waals surface area contributed by atoms with Crippen LogP contribution in [0.2, 0.25) is 0 Å². The van der Waals surface area contributed by atoms with Crippen molar-refractivity contribution < 1.29 is 9.84 Å². The fourth-order valence-electron chi connectivity index (χ4n) is 1.48. The fraction of sp³-hybridized carbons (Fsp3) is 0.692. The average molecular weight is 253 g/mol. The Morgan fingerprint density at radius 1 is 1.44 bits per heavy atom. The number of hydrogen-bond acceptors (Lipinski definition) is 5. The molecular formula is C13H23N3O2. The average Bonchev–Trinajstić information content (AvgIpc) is 2.41. The predicted molar refractivity (Wildman–Crippen MR) is 71.8 cm³/mol. The summed E-state index contributed by atoms with van der Waals surface area (Å²) in [6.07, 6.45) is 4.49. The normalized spacial score (nSPS) is 12.2. The number of hydrogen-bond donors (Lipinski definition) is 2. The SMILES string of the molecule is CCCOc1cc(NCCCC(C)CO)ncn1. The van der Waals surface area contributed by atoms with Crippen LogP contribution in [0.5, 0.6) is 5.88 Å². The maximum absolute atomic E-state index is 8.91. The van der Waals surface area contributed by atoms with E-state index < -0.39 is 0 Å². The molecule has 5 nitrogen and oxygen atoms in total. The van der Waals surface area contributed by atoms with Crippen LogP contribution in [0.15, 0.2) is 12.4 Å². The van der Waals surface area contributed by atoms with Crippen molar-refractivity contribution in [3.63, 3.8) is 0 Å². The zero-order valence-corrected chi connectivity index (χ0v) is 11.2. The van der Waals surface area contributed by atoms with Crippen LogP contribution in [-0.4, -0.2) is 34.8 Å². The van der Waals surface area contributed by atoms with E-state index in [0.717, 1.165) is 31.6 Å². The molecule has 2 N–H and O–H groups in total. The van der Waals surface area contributed by atoms with Gasteiger partial charge in [-0.05, 0) is 25.2 Å². The lowest BCUT2D eigenvalue weighted by molar-refractivity contribution is 0.229. The molecule has 102 valence electrons. The van der Waals surface area contributed by atoms with Crippen LogP contribution in [0, 0.1) is 5.92 Å². The maximum atomic E-state index is 8.91. The van der Waals surface area contributed by atoms with Crippen molar-refractivity contribution in [2.24, 2.45) is 5.92 Å². The molecular weight excluding hydrogens is 230 g/mol. The van der Waals surface area contributed by atoms with Gasteiger partial charge in [-0.2, -0.15) is 0 Å². The third kappa shape index (κ3) is 5.82. The minimum absolute atomic E-state index is 0.252. The van der Waals surface area contributed by atoms with Crippen molar-refractivity contribution in [1.29, 1.82) is 0 Å². The summed E-state index contributed by atoms with van der Waals surface area (Å²) in [6, 6.07) is 1.81. The fourth-order valence-corrected chi connectivity index (χ4v) is 1.48. The van der Waals surface area contributed by atoms with Gasteiger partial charge in [0.05, 0.1) is 6.61 Å². The lowest BCUT2D eigenvalue weighted by Gasteiger charge is -2.09. The van der Waals surface area contributed by atoms with Crippen LogP contribution in [0.4, 0.5) is 5.82 Å². The van der Waals surface area contributed by atoms with Gasteiger partial charge in [-0.15, -0.1) is 0 Å². The molecule has 0 saturated heterocycles. The molecule has 1 atom stereocenters. The van der Waals surface area contributed by atoms with E-state index >= 15 is 0 Å². The summed E-state index contributed by atoms with van der Waals surface area (Å²) in [5.74, 6) is 1.76. The van der Waals surface area contributed by atoms with Gasteiger partial charge in [-0.1, -0.05) is 13.8 Å². The highest BCUT2D eigenvalue weighted by Gasteiger charge is 2.01. The molecule has 0 radical (unpaired) electrons. The molecule has 1 unspecified atom stereocenters. The van der Waals surface area contributed by atoms with E-state index in [2.05, 4.69) is 22.2 Å². The zero-order valence-electron chi connectivity index (χ0n) is 11.2. The number of ether oxygens (including phenoxy) is 1. The minimum atomic E-state index is 0.252. The molecule has 18 heavy (non-hydrogen) atoms. The smallest absolute Gasteiger partial charge is 0.218 e. The number of aromatic nitrogens is 2. The Bertz CT molecular complexity index is 334. The minimum Gasteiger partial charge on any atom is -0.478 e. The summed E-state index contributed by atoms with van der Waals surface area (Å²) < 4.78 is 5.43. The molecule has 0 fully saturated rings. The van der Waals surface area contributed by atoms with Gasteiger partial charge in [0, 0.05) is 19.2 Å². The molecule has 5 heteroatoms. The molecule has 1 rings (SSSR count). The van der Waals surface area contributed by atoms with Gasteiger partial charge in [0.25, 0.3) is 0 Å². The largest absolute Gasteiger partial charge is 0.478 e. The van der Waals surface area contributed by atoms with E-state index in [9.17, 15) is 0 Å². The molecule has 0 aliphatic carbocycles. The van der Waals surface area contributed by atoms with Crippen molar-refractivity contribution in [3.05, 3.63) is 12.4 Å². The van der Waals surface area contributed by atoms with Gasteiger partial charge in [-0.25, -0.2) is 9.97 Å².